The van der Waals surface area contributed by atoms with E-state index in [-0.39, 0.29) is 0 Å². The third kappa shape index (κ3) is 7.77. The summed E-state index contributed by atoms with van der Waals surface area (Å²) in [6, 6.07) is 0.503. The summed E-state index contributed by atoms with van der Waals surface area (Å²) >= 11 is 0. The Labute approximate surface area is 249 Å². The number of hydrogen-bond acceptors (Lipinski definition) is 4. The molecular formula is C37H52N4. The Hall–Kier alpha value is -2.72. The van der Waals surface area contributed by atoms with Crippen molar-refractivity contribution in [3.05, 3.63) is 82.4 Å². The Morgan fingerprint density at radius 2 is 2.02 bits per heavy atom. The van der Waals surface area contributed by atoms with E-state index < -0.39 is 0 Å². The molecule has 1 saturated carbocycles. The number of nitrogens with zero attached hydrogens (tertiary/aromatic N) is 2. The normalized spacial score (nSPS) is 28.8. The van der Waals surface area contributed by atoms with Crippen LogP contribution in [0.2, 0.25) is 0 Å². The van der Waals surface area contributed by atoms with Gasteiger partial charge in [-0.3, -0.25) is 9.98 Å². The van der Waals surface area contributed by atoms with Crippen LogP contribution in [0.3, 0.4) is 0 Å². The number of rotatable bonds is 8. The van der Waals surface area contributed by atoms with E-state index in [2.05, 4.69) is 67.3 Å². The second-order valence-corrected chi connectivity index (χ2v) is 12.9. The predicted octanol–water partition coefficient (Wildman–Crippen LogP) is 8.82. The molecular weight excluding hydrogens is 500 g/mol. The monoisotopic (exact) mass is 552 g/mol. The molecule has 5 rings (SSSR count). The fourth-order valence-corrected chi connectivity index (χ4v) is 7.20. The van der Waals surface area contributed by atoms with E-state index in [4.69, 9.17) is 10.7 Å². The highest BCUT2D eigenvalue weighted by Crippen LogP contribution is 2.39. The van der Waals surface area contributed by atoms with Crippen LogP contribution < -0.4 is 11.1 Å². The zero-order valence-corrected chi connectivity index (χ0v) is 25.6. The lowest BCUT2D eigenvalue weighted by Gasteiger charge is -2.29. The van der Waals surface area contributed by atoms with Crippen molar-refractivity contribution in [1.82, 2.24) is 5.32 Å². The molecule has 2 bridgehead atoms. The molecule has 0 aromatic carbocycles. The van der Waals surface area contributed by atoms with E-state index in [1.54, 1.807) is 5.57 Å². The van der Waals surface area contributed by atoms with Gasteiger partial charge in [-0.05, 0) is 131 Å². The van der Waals surface area contributed by atoms with Gasteiger partial charge in [0.25, 0.3) is 0 Å². The van der Waals surface area contributed by atoms with Crippen molar-refractivity contribution in [2.75, 3.05) is 6.54 Å². The second kappa shape index (κ2) is 14.4. The molecule has 0 aromatic heterocycles. The zero-order valence-electron chi connectivity index (χ0n) is 25.6. The van der Waals surface area contributed by atoms with Gasteiger partial charge in [-0.2, -0.15) is 0 Å². The van der Waals surface area contributed by atoms with Crippen molar-refractivity contribution >= 4 is 11.9 Å². The number of allylic oxidation sites excluding steroid dienone is 9. The molecule has 0 spiro atoms. The first kappa shape index (κ1) is 29.8. The largest absolute Gasteiger partial charge is 0.381 e. The van der Waals surface area contributed by atoms with Gasteiger partial charge in [0, 0.05) is 30.6 Å². The van der Waals surface area contributed by atoms with Crippen LogP contribution in [0.4, 0.5) is 0 Å². The molecule has 1 fully saturated rings. The lowest BCUT2D eigenvalue weighted by molar-refractivity contribution is 0.468. The van der Waals surface area contributed by atoms with E-state index in [9.17, 15) is 0 Å². The third-order valence-corrected chi connectivity index (χ3v) is 9.77. The molecule has 3 heterocycles. The SMILES string of the molecule is C=C1CCC(C2=C(C3=CCCC(C)N3)N=C3CCCCC(=C2)C3)C/C=C/C1CC(CC)C1=CCC(CCN)=CN=C1. The van der Waals surface area contributed by atoms with Crippen molar-refractivity contribution < 1.29 is 0 Å². The van der Waals surface area contributed by atoms with Gasteiger partial charge in [-0.15, -0.1) is 0 Å². The lowest BCUT2D eigenvalue weighted by atomic mass is 9.78. The van der Waals surface area contributed by atoms with Crippen LogP contribution in [0.15, 0.2) is 92.4 Å². The summed E-state index contributed by atoms with van der Waals surface area (Å²) in [5.41, 5.74) is 16.8. The minimum absolute atomic E-state index is 0.419. The van der Waals surface area contributed by atoms with Gasteiger partial charge in [-0.25, -0.2) is 0 Å². The molecule has 0 saturated heterocycles. The van der Waals surface area contributed by atoms with Crippen LogP contribution in [0.1, 0.15) is 104 Å². The van der Waals surface area contributed by atoms with Crippen molar-refractivity contribution in [3.8, 4) is 0 Å². The fraction of sp³-hybridized carbons (Fsp3) is 0.568. The highest BCUT2D eigenvalue weighted by Gasteiger charge is 2.27. The zero-order chi connectivity index (χ0) is 28.6. The first-order valence-electron chi connectivity index (χ1n) is 16.5. The molecule has 2 aliphatic carbocycles. The number of nitrogens with two attached hydrogens (primary N) is 1. The van der Waals surface area contributed by atoms with Crippen molar-refractivity contribution in [2.45, 2.75) is 110 Å². The molecule has 4 heteroatoms. The van der Waals surface area contributed by atoms with E-state index >= 15 is 0 Å². The second-order valence-electron chi connectivity index (χ2n) is 12.9. The Balaban J connectivity index is 1.36. The third-order valence-electron chi connectivity index (χ3n) is 9.77. The van der Waals surface area contributed by atoms with Crippen LogP contribution in [-0.4, -0.2) is 24.5 Å². The van der Waals surface area contributed by atoms with Gasteiger partial charge >= 0.3 is 0 Å². The Morgan fingerprint density at radius 1 is 1.15 bits per heavy atom. The molecule has 0 aromatic rings. The van der Waals surface area contributed by atoms with Gasteiger partial charge in [0.15, 0.2) is 0 Å². The number of aliphatic imine (C=N–C) groups is 2. The van der Waals surface area contributed by atoms with Crippen molar-refractivity contribution in [2.24, 2.45) is 33.5 Å². The summed E-state index contributed by atoms with van der Waals surface area (Å²) in [5, 5.41) is 3.80. The molecule has 4 unspecified atom stereocenters. The molecule has 0 radical (unpaired) electrons. The van der Waals surface area contributed by atoms with E-state index in [0.717, 1.165) is 64.2 Å². The maximum atomic E-state index is 5.79. The average Bonchev–Trinajstić information content (AvgIpc) is 3.41. The average molecular weight is 553 g/mol. The summed E-state index contributed by atoms with van der Waals surface area (Å²) in [4.78, 5) is 10.1. The first-order chi connectivity index (χ1) is 20.0. The summed E-state index contributed by atoms with van der Waals surface area (Å²) in [5.74, 6) is 1.39. The fourth-order valence-electron chi connectivity index (χ4n) is 7.20. The summed E-state index contributed by atoms with van der Waals surface area (Å²) < 4.78 is 0. The highest BCUT2D eigenvalue weighted by atomic mass is 15.0. The molecule has 4 nitrogen and oxygen atoms in total. The molecule has 41 heavy (non-hydrogen) atoms. The Morgan fingerprint density at radius 3 is 2.85 bits per heavy atom. The minimum Gasteiger partial charge on any atom is -0.381 e. The van der Waals surface area contributed by atoms with Gasteiger partial charge < -0.3 is 11.1 Å². The summed E-state index contributed by atoms with van der Waals surface area (Å²) in [6.45, 7) is 9.96. The predicted molar refractivity (Wildman–Crippen MR) is 176 cm³/mol. The highest BCUT2D eigenvalue weighted by molar-refractivity contribution is 5.89. The summed E-state index contributed by atoms with van der Waals surface area (Å²) in [6.07, 6.45) is 32.1. The molecule has 220 valence electrons. The first-order valence-corrected chi connectivity index (χ1v) is 16.5. The van der Waals surface area contributed by atoms with Crippen molar-refractivity contribution in [1.29, 1.82) is 0 Å². The molecule has 3 N–H and O–H groups in total. The standard InChI is InChI=1S/C37H52N4/c1-4-30(33-18-16-28(19-20-38)24-39-25-33)23-32-12-8-11-31(17-15-26(32)2)35-22-29-10-5-6-13-34(21-29)41-37(35)36-14-7-9-27(3)40-36/h8,12,14,18,22,24-25,27,30-32,40H,2,4-7,9-11,13,15-17,19-21,23,38H2,1,3H3/b12-8+. The number of hydrogen-bond donors (Lipinski definition) is 2. The number of nitrogens with one attached hydrogen (secondary N) is 1. The molecule has 3 aliphatic heterocycles. The van der Waals surface area contributed by atoms with Crippen LogP contribution in [0.25, 0.3) is 0 Å². The smallest absolute Gasteiger partial charge is 0.0892 e. The van der Waals surface area contributed by atoms with Crippen LogP contribution in [-0.2, 0) is 0 Å². The molecule has 4 atom stereocenters. The Bertz CT molecular complexity index is 1220. The van der Waals surface area contributed by atoms with E-state index in [1.165, 1.54) is 65.1 Å². The van der Waals surface area contributed by atoms with Crippen LogP contribution in [0.5, 0.6) is 0 Å². The van der Waals surface area contributed by atoms with Crippen LogP contribution in [0, 0.1) is 17.8 Å². The quantitative estimate of drug-likeness (QED) is 0.296. The topological polar surface area (TPSA) is 62.8 Å². The van der Waals surface area contributed by atoms with E-state index in [0.29, 0.717) is 30.3 Å². The van der Waals surface area contributed by atoms with E-state index in [1.807, 2.05) is 6.20 Å². The minimum atomic E-state index is 0.419. The van der Waals surface area contributed by atoms with Crippen molar-refractivity contribution in [3.63, 3.8) is 0 Å². The Kier molecular flexibility index (Phi) is 10.5. The molecule has 5 aliphatic rings. The van der Waals surface area contributed by atoms with Crippen LogP contribution >= 0.6 is 0 Å². The maximum Gasteiger partial charge on any atom is 0.0892 e. The van der Waals surface area contributed by atoms with Gasteiger partial charge in [0.1, 0.15) is 0 Å². The summed E-state index contributed by atoms with van der Waals surface area (Å²) in [7, 11) is 0. The van der Waals surface area contributed by atoms with Gasteiger partial charge in [-0.1, -0.05) is 55.0 Å². The lowest BCUT2D eigenvalue weighted by Crippen LogP contribution is -2.29. The maximum absolute atomic E-state index is 5.79. The molecule has 0 amide bonds. The van der Waals surface area contributed by atoms with Gasteiger partial charge in [0.2, 0.25) is 0 Å². The van der Waals surface area contributed by atoms with Gasteiger partial charge in [0.05, 0.1) is 11.4 Å². The number of fused-ring (bicyclic) bond motifs is 2.